The van der Waals surface area contributed by atoms with E-state index in [0.717, 1.165) is 22.3 Å². The lowest BCUT2D eigenvalue weighted by atomic mass is 10.0. The van der Waals surface area contributed by atoms with Gasteiger partial charge in [-0.25, -0.2) is 4.79 Å². The summed E-state index contributed by atoms with van der Waals surface area (Å²) in [5.74, 6) is 0.282. The smallest absolute Gasteiger partial charge is 0.407 e. The molecule has 126 valence electrons. The maximum atomic E-state index is 11.6. The molecule has 0 radical (unpaired) electrons. The Balaban J connectivity index is 1.72. The molecule has 4 nitrogen and oxygen atoms in total. The van der Waals surface area contributed by atoms with E-state index in [0.29, 0.717) is 13.0 Å². The fraction of sp³-hybridized carbons (Fsp3) is 0.250. The van der Waals surface area contributed by atoms with E-state index in [1.807, 2.05) is 56.3 Å². The first kappa shape index (κ1) is 17.6. The van der Waals surface area contributed by atoms with Gasteiger partial charge in [-0.2, -0.15) is 0 Å². The molecule has 2 N–H and O–H groups in total. The second-order valence-corrected chi connectivity index (χ2v) is 5.67. The summed E-state index contributed by atoms with van der Waals surface area (Å²) in [6.07, 6.45) is 4.31. The average molecular weight is 325 g/mol. The van der Waals surface area contributed by atoms with Crippen molar-refractivity contribution < 1.29 is 14.6 Å². The standard InChI is InChI=1S/C20H23NO3/c1-15-12-18(22)13-16(2)19(15)10-6-7-11-21-20(23)24-14-17-8-4-3-5-9-17/h3-6,8-10,12-13,22H,7,11,14H2,1-2H3,(H,21,23). The third-order valence-electron chi connectivity index (χ3n) is 3.66. The van der Waals surface area contributed by atoms with Gasteiger partial charge in [-0.05, 0) is 54.7 Å². The Labute approximate surface area is 142 Å². The molecule has 0 saturated heterocycles. The van der Waals surface area contributed by atoms with Gasteiger partial charge in [-0.1, -0.05) is 42.5 Å². The number of phenolic OH excluding ortho intramolecular Hbond substituents is 1. The molecule has 2 aromatic carbocycles. The molecule has 0 spiro atoms. The number of ether oxygens (including phenoxy) is 1. The molecule has 0 heterocycles. The molecule has 2 rings (SSSR count). The number of aryl methyl sites for hydroxylation is 2. The van der Waals surface area contributed by atoms with Crippen LogP contribution in [0.1, 0.15) is 28.7 Å². The molecule has 0 aliphatic heterocycles. The van der Waals surface area contributed by atoms with Crippen LogP contribution >= 0.6 is 0 Å². The van der Waals surface area contributed by atoms with Crippen LogP contribution in [-0.4, -0.2) is 17.7 Å². The minimum absolute atomic E-state index is 0.272. The van der Waals surface area contributed by atoms with Gasteiger partial charge in [0.2, 0.25) is 0 Å². The van der Waals surface area contributed by atoms with Gasteiger partial charge in [-0.3, -0.25) is 0 Å². The average Bonchev–Trinajstić information content (AvgIpc) is 2.55. The van der Waals surface area contributed by atoms with Gasteiger partial charge in [-0.15, -0.1) is 0 Å². The van der Waals surface area contributed by atoms with Gasteiger partial charge in [0, 0.05) is 6.54 Å². The Bertz CT molecular complexity index is 685. The first-order valence-electron chi connectivity index (χ1n) is 7.97. The van der Waals surface area contributed by atoms with Crippen LogP contribution in [0.15, 0.2) is 48.5 Å². The van der Waals surface area contributed by atoms with Crippen LogP contribution in [0.3, 0.4) is 0 Å². The highest BCUT2D eigenvalue weighted by Gasteiger charge is 2.02. The topological polar surface area (TPSA) is 58.6 Å². The maximum Gasteiger partial charge on any atom is 0.407 e. The van der Waals surface area contributed by atoms with Crippen LogP contribution in [0.5, 0.6) is 5.75 Å². The number of alkyl carbamates (subject to hydrolysis) is 1. The van der Waals surface area contributed by atoms with E-state index < -0.39 is 6.09 Å². The summed E-state index contributed by atoms with van der Waals surface area (Å²) in [4.78, 5) is 11.6. The molecule has 0 fully saturated rings. The molecular formula is C20H23NO3. The van der Waals surface area contributed by atoms with Gasteiger partial charge in [0.05, 0.1) is 0 Å². The second kappa shape index (κ2) is 8.77. The minimum Gasteiger partial charge on any atom is -0.508 e. The maximum absolute atomic E-state index is 11.6. The number of rotatable bonds is 6. The van der Waals surface area contributed by atoms with Crippen LogP contribution in [0, 0.1) is 13.8 Å². The number of carbonyl (C=O) groups excluding carboxylic acids is 1. The van der Waals surface area contributed by atoms with Crippen LogP contribution in [0.25, 0.3) is 6.08 Å². The van der Waals surface area contributed by atoms with Gasteiger partial charge < -0.3 is 15.2 Å². The van der Waals surface area contributed by atoms with Crippen LogP contribution in [0.4, 0.5) is 4.79 Å². The molecule has 0 aliphatic rings. The van der Waals surface area contributed by atoms with Crippen LogP contribution < -0.4 is 5.32 Å². The molecule has 2 aromatic rings. The Morgan fingerprint density at radius 1 is 1.17 bits per heavy atom. The lowest BCUT2D eigenvalue weighted by Gasteiger charge is -2.07. The zero-order valence-electron chi connectivity index (χ0n) is 14.1. The summed E-state index contributed by atoms with van der Waals surface area (Å²) in [7, 11) is 0. The van der Waals surface area contributed by atoms with Crippen LogP contribution in [0.2, 0.25) is 0 Å². The number of carbonyl (C=O) groups is 1. The van der Waals surface area contributed by atoms with Crippen molar-refractivity contribution in [3.05, 3.63) is 70.8 Å². The summed E-state index contributed by atoms with van der Waals surface area (Å²) in [5, 5.41) is 12.3. The Morgan fingerprint density at radius 3 is 2.50 bits per heavy atom. The zero-order valence-corrected chi connectivity index (χ0v) is 14.1. The number of benzene rings is 2. The molecule has 4 heteroatoms. The number of hydrogen-bond acceptors (Lipinski definition) is 3. The SMILES string of the molecule is Cc1cc(O)cc(C)c1C=CCCNC(=O)OCc1ccccc1. The monoisotopic (exact) mass is 325 g/mol. The van der Waals surface area contributed by atoms with Crippen molar-refractivity contribution >= 4 is 12.2 Å². The summed E-state index contributed by atoms with van der Waals surface area (Å²) in [6.45, 7) is 4.71. The highest BCUT2D eigenvalue weighted by atomic mass is 16.5. The van der Waals surface area contributed by atoms with E-state index >= 15 is 0 Å². The van der Waals surface area contributed by atoms with E-state index in [1.54, 1.807) is 12.1 Å². The number of nitrogens with one attached hydrogen (secondary N) is 1. The Kier molecular flexibility index (Phi) is 6.43. The van der Waals surface area contributed by atoms with Crippen molar-refractivity contribution in [3.8, 4) is 5.75 Å². The summed E-state index contributed by atoms with van der Waals surface area (Å²) < 4.78 is 5.14. The normalized spacial score (nSPS) is 10.8. The van der Waals surface area contributed by atoms with E-state index in [9.17, 15) is 9.90 Å². The van der Waals surface area contributed by atoms with Crippen molar-refractivity contribution in [3.63, 3.8) is 0 Å². The zero-order chi connectivity index (χ0) is 17.4. The molecule has 0 unspecified atom stereocenters. The first-order valence-corrected chi connectivity index (χ1v) is 7.97. The third kappa shape index (κ3) is 5.47. The van der Waals surface area contributed by atoms with Gasteiger partial charge in [0.15, 0.2) is 0 Å². The van der Waals surface area contributed by atoms with Crippen molar-refractivity contribution in [1.29, 1.82) is 0 Å². The Morgan fingerprint density at radius 2 is 1.83 bits per heavy atom. The van der Waals surface area contributed by atoms with Crippen LogP contribution in [-0.2, 0) is 11.3 Å². The molecule has 24 heavy (non-hydrogen) atoms. The molecule has 0 saturated carbocycles. The summed E-state index contributed by atoms with van der Waals surface area (Å²) >= 11 is 0. The molecule has 0 bridgehead atoms. The highest BCUT2D eigenvalue weighted by Crippen LogP contribution is 2.21. The van der Waals surface area contributed by atoms with Gasteiger partial charge in [0.25, 0.3) is 0 Å². The minimum atomic E-state index is -0.413. The third-order valence-corrected chi connectivity index (χ3v) is 3.66. The fourth-order valence-electron chi connectivity index (χ4n) is 2.45. The fourth-order valence-corrected chi connectivity index (χ4v) is 2.45. The van der Waals surface area contributed by atoms with Gasteiger partial charge in [0.1, 0.15) is 12.4 Å². The van der Waals surface area contributed by atoms with Crippen molar-refractivity contribution in [2.24, 2.45) is 0 Å². The lowest BCUT2D eigenvalue weighted by molar-refractivity contribution is 0.140. The number of phenols is 1. The van der Waals surface area contributed by atoms with Crippen molar-refractivity contribution in [2.75, 3.05) is 6.54 Å². The first-order chi connectivity index (χ1) is 11.6. The van der Waals surface area contributed by atoms with E-state index in [-0.39, 0.29) is 12.4 Å². The summed E-state index contributed by atoms with van der Waals surface area (Å²) in [6, 6.07) is 13.1. The number of aromatic hydroxyl groups is 1. The predicted octanol–water partition coefficient (Wildman–Crippen LogP) is 4.34. The van der Waals surface area contributed by atoms with E-state index in [4.69, 9.17) is 4.74 Å². The number of hydrogen-bond donors (Lipinski definition) is 2. The van der Waals surface area contributed by atoms with E-state index in [2.05, 4.69) is 5.32 Å². The second-order valence-electron chi connectivity index (χ2n) is 5.67. The molecule has 0 atom stereocenters. The molecule has 1 amide bonds. The molecule has 0 aromatic heterocycles. The predicted molar refractivity (Wildman–Crippen MR) is 95.9 cm³/mol. The largest absolute Gasteiger partial charge is 0.508 e. The quantitative estimate of drug-likeness (QED) is 0.777. The van der Waals surface area contributed by atoms with Gasteiger partial charge >= 0.3 is 6.09 Å². The Hall–Kier alpha value is -2.75. The summed E-state index contributed by atoms with van der Waals surface area (Å²) in [5.41, 5.74) is 4.11. The highest BCUT2D eigenvalue weighted by molar-refractivity contribution is 5.67. The lowest BCUT2D eigenvalue weighted by Crippen LogP contribution is -2.24. The van der Waals surface area contributed by atoms with Crippen molar-refractivity contribution in [2.45, 2.75) is 26.9 Å². The number of amides is 1. The van der Waals surface area contributed by atoms with E-state index in [1.165, 1.54) is 0 Å². The molecule has 0 aliphatic carbocycles. The molecular weight excluding hydrogens is 302 g/mol. The van der Waals surface area contributed by atoms with Crippen molar-refractivity contribution in [1.82, 2.24) is 5.32 Å².